The van der Waals surface area contributed by atoms with Crippen molar-refractivity contribution in [2.45, 2.75) is 18.7 Å². The monoisotopic (exact) mass is 373 g/mol. The van der Waals surface area contributed by atoms with Gasteiger partial charge in [0.05, 0.1) is 13.1 Å². The third-order valence-electron chi connectivity index (χ3n) is 3.71. The summed E-state index contributed by atoms with van der Waals surface area (Å²) in [5.41, 5.74) is -1.75. The van der Waals surface area contributed by atoms with Crippen molar-refractivity contribution in [3.05, 3.63) is 85.2 Å². The van der Waals surface area contributed by atoms with Gasteiger partial charge < -0.3 is 10.1 Å². The quantitative estimate of drug-likeness (QED) is 0.555. The summed E-state index contributed by atoms with van der Waals surface area (Å²) >= 11 is 0. The first-order chi connectivity index (χ1) is 13.1. The second-order valence-electron chi connectivity index (χ2n) is 5.73. The molecule has 3 aromatic heterocycles. The van der Waals surface area contributed by atoms with Gasteiger partial charge in [0.15, 0.2) is 0 Å². The molecule has 0 amide bonds. The van der Waals surface area contributed by atoms with E-state index in [1.807, 2.05) is 24.5 Å². The van der Waals surface area contributed by atoms with Crippen LogP contribution in [0.1, 0.15) is 5.56 Å². The van der Waals surface area contributed by atoms with Crippen LogP contribution in [0.2, 0.25) is 0 Å². The molecule has 0 fully saturated rings. The lowest BCUT2D eigenvalue weighted by molar-refractivity contribution is -0.00855. The summed E-state index contributed by atoms with van der Waals surface area (Å²) in [6.07, 6.45) is 9.15. The van der Waals surface area contributed by atoms with Crippen molar-refractivity contribution in [2.75, 3.05) is 0 Å². The zero-order valence-electron chi connectivity index (χ0n) is 14.2. The zero-order valence-corrected chi connectivity index (χ0v) is 14.2. The molecule has 10 heteroatoms. The predicted octanol–water partition coefficient (Wildman–Crippen LogP) is 1.75. The standard InChI is InChI=1S/C13H12F2N6O.C4H5N/c14-10-1-2-11(12(15)3-10)13(22,4-20-8-16-6-18-20)5-21-9-17-7-19-21;1-2-4-5-3-1/h1-3,6-9,22H,4-5H2;1-5H. The van der Waals surface area contributed by atoms with Gasteiger partial charge >= 0.3 is 0 Å². The van der Waals surface area contributed by atoms with E-state index in [4.69, 9.17) is 0 Å². The normalized spacial score (nSPS) is 11.1. The van der Waals surface area contributed by atoms with E-state index in [0.29, 0.717) is 0 Å². The highest BCUT2D eigenvalue weighted by atomic mass is 19.1. The Bertz CT molecular complexity index is 871. The number of benzene rings is 1. The lowest BCUT2D eigenvalue weighted by atomic mass is 9.93. The Hall–Kier alpha value is -3.40. The maximum absolute atomic E-state index is 14.1. The lowest BCUT2D eigenvalue weighted by Gasteiger charge is -2.28. The molecule has 2 N–H and O–H groups in total. The van der Waals surface area contributed by atoms with Gasteiger partial charge in [-0.3, -0.25) is 0 Å². The Morgan fingerprint density at radius 1 is 0.963 bits per heavy atom. The van der Waals surface area contributed by atoms with Crippen molar-refractivity contribution in [2.24, 2.45) is 0 Å². The van der Waals surface area contributed by atoms with Crippen LogP contribution in [0.15, 0.2) is 68.0 Å². The number of aliphatic hydroxyl groups is 1. The zero-order chi connectivity index (χ0) is 19.1. The molecule has 0 aliphatic rings. The Morgan fingerprint density at radius 3 is 1.96 bits per heavy atom. The van der Waals surface area contributed by atoms with Crippen LogP contribution >= 0.6 is 0 Å². The first kappa shape index (κ1) is 18.4. The first-order valence-corrected chi connectivity index (χ1v) is 7.97. The van der Waals surface area contributed by atoms with E-state index in [0.717, 1.165) is 12.1 Å². The van der Waals surface area contributed by atoms with E-state index in [1.165, 1.54) is 40.7 Å². The minimum atomic E-state index is -1.70. The number of aromatic amines is 1. The van der Waals surface area contributed by atoms with Crippen molar-refractivity contribution in [3.8, 4) is 0 Å². The molecule has 0 saturated heterocycles. The summed E-state index contributed by atoms with van der Waals surface area (Å²) in [7, 11) is 0. The Morgan fingerprint density at radius 2 is 1.56 bits per heavy atom. The fourth-order valence-corrected chi connectivity index (χ4v) is 2.53. The highest BCUT2D eigenvalue weighted by molar-refractivity contribution is 5.25. The van der Waals surface area contributed by atoms with Gasteiger partial charge in [-0.15, -0.1) is 0 Å². The van der Waals surface area contributed by atoms with Crippen molar-refractivity contribution in [3.63, 3.8) is 0 Å². The van der Waals surface area contributed by atoms with Gasteiger partial charge in [-0.1, -0.05) is 6.07 Å². The summed E-state index contributed by atoms with van der Waals surface area (Å²) in [5, 5.41) is 18.8. The van der Waals surface area contributed by atoms with Gasteiger partial charge in [0.1, 0.15) is 42.5 Å². The third kappa shape index (κ3) is 4.82. The van der Waals surface area contributed by atoms with E-state index in [1.54, 1.807) is 0 Å². The summed E-state index contributed by atoms with van der Waals surface area (Å²) in [5.74, 6) is -1.56. The molecule has 140 valence electrons. The van der Waals surface area contributed by atoms with Crippen molar-refractivity contribution >= 4 is 0 Å². The summed E-state index contributed by atoms with van der Waals surface area (Å²) < 4.78 is 29.9. The minimum absolute atomic E-state index is 0.0556. The van der Waals surface area contributed by atoms with Gasteiger partial charge in [0.2, 0.25) is 0 Å². The van der Waals surface area contributed by atoms with Crippen LogP contribution in [0.4, 0.5) is 8.78 Å². The second-order valence-corrected chi connectivity index (χ2v) is 5.73. The Kier molecular flexibility index (Phi) is 5.67. The smallest absolute Gasteiger partial charge is 0.137 e. The molecule has 4 rings (SSSR count). The van der Waals surface area contributed by atoms with Gasteiger partial charge in [-0.25, -0.2) is 28.1 Å². The molecule has 0 atom stereocenters. The molecule has 0 unspecified atom stereocenters. The van der Waals surface area contributed by atoms with E-state index in [9.17, 15) is 13.9 Å². The third-order valence-corrected chi connectivity index (χ3v) is 3.71. The number of H-pyrrole nitrogens is 1. The average molecular weight is 373 g/mol. The molecule has 0 aliphatic carbocycles. The SMILES string of the molecule is OC(Cn1cncn1)(Cn1cncn1)c1ccc(F)cc1F.c1cc[nH]c1. The van der Waals surface area contributed by atoms with Crippen LogP contribution in [0, 0.1) is 11.6 Å². The molecule has 0 saturated carbocycles. The molecule has 0 bridgehead atoms. The molecule has 27 heavy (non-hydrogen) atoms. The highest BCUT2D eigenvalue weighted by Crippen LogP contribution is 2.28. The van der Waals surface area contributed by atoms with Crippen LogP contribution in [-0.4, -0.2) is 39.6 Å². The van der Waals surface area contributed by atoms with E-state index in [-0.39, 0.29) is 18.7 Å². The molecule has 0 aliphatic heterocycles. The first-order valence-electron chi connectivity index (χ1n) is 7.97. The second kappa shape index (κ2) is 8.32. The lowest BCUT2D eigenvalue weighted by Crippen LogP contribution is -2.37. The topological polar surface area (TPSA) is 97.4 Å². The molecule has 3 heterocycles. The molecule has 8 nitrogen and oxygen atoms in total. The van der Waals surface area contributed by atoms with Crippen molar-refractivity contribution in [1.29, 1.82) is 0 Å². The maximum atomic E-state index is 14.1. The van der Waals surface area contributed by atoms with Crippen LogP contribution < -0.4 is 0 Å². The molecule has 0 radical (unpaired) electrons. The number of nitrogens with zero attached hydrogens (tertiary/aromatic N) is 6. The minimum Gasteiger partial charge on any atom is -0.381 e. The van der Waals surface area contributed by atoms with Crippen LogP contribution in [0.3, 0.4) is 0 Å². The molecular formula is C17H17F2N7O. The summed E-state index contributed by atoms with van der Waals surface area (Å²) in [6, 6.07) is 6.91. The molecule has 0 spiro atoms. The largest absolute Gasteiger partial charge is 0.381 e. The number of halogens is 2. The Labute approximate surface area is 153 Å². The van der Waals surface area contributed by atoms with E-state index < -0.39 is 17.2 Å². The predicted molar refractivity (Wildman–Crippen MR) is 91.1 cm³/mol. The van der Waals surface area contributed by atoms with Gasteiger partial charge in [-0.2, -0.15) is 10.2 Å². The Balaban J connectivity index is 0.000000364. The maximum Gasteiger partial charge on any atom is 0.137 e. The van der Waals surface area contributed by atoms with Crippen molar-refractivity contribution < 1.29 is 13.9 Å². The van der Waals surface area contributed by atoms with Crippen LogP contribution in [0.25, 0.3) is 0 Å². The number of hydrogen-bond donors (Lipinski definition) is 2. The summed E-state index contributed by atoms with van der Waals surface area (Å²) in [6.45, 7) is -0.148. The average Bonchev–Trinajstić information content (AvgIpc) is 3.40. The summed E-state index contributed by atoms with van der Waals surface area (Å²) in [4.78, 5) is 10.4. The number of hydrogen-bond acceptors (Lipinski definition) is 5. The van der Waals surface area contributed by atoms with Crippen LogP contribution in [-0.2, 0) is 18.7 Å². The number of rotatable bonds is 5. The number of aromatic nitrogens is 7. The fourth-order valence-electron chi connectivity index (χ4n) is 2.53. The van der Waals surface area contributed by atoms with E-state index in [2.05, 4.69) is 25.1 Å². The highest BCUT2D eigenvalue weighted by Gasteiger charge is 2.34. The van der Waals surface area contributed by atoms with Gasteiger partial charge in [-0.05, 0) is 18.2 Å². The molecular weight excluding hydrogens is 356 g/mol. The van der Waals surface area contributed by atoms with Gasteiger partial charge in [0.25, 0.3) is 0 Å². The van der Waals surface area contributed by atoms with Crippen LogP contribution in [0.5, 0.6) is 0 Å². The molecule has 1 aromatic carbocycles. The van der Waals surface area contributed by atoms with Gasteiger partial charge in [0, 0.05) is 24.0 Å². The van der Waals surface area contributed by atoms with Crippen molar-refractivity contribution in [1.82, 2.24) is 34.5 Å². The molecule has 4 aromatic rings. The fraction of sp³-hybridized carbons (Fsp3) is 0.176. The number of nitrogens with one attached hydrogen (secondary N) is 1. The van der Waals surface area contributed by atoms with E-state index >= 15 is 0 Å².